The summed E-state index contributed by atoms with van der Waals surface area (Å²) >= 11 is 3.31. The van der Waals surface area contributed by atoms with Gasteiger partial charge in [-0.1, -0.05) is 34.1 Å². The number of halogens is 2. The fraction of sp³-hybridized carbons (Fsp3) is 0.143. The highest BCUT2D eigenvalue weighted by molar-refractivity contribution is 9.10. The standard InChI is InChI=1S/C14H12BrFNO/c15-12-5-6-13(16)11(7-12)8-17-14-4-2-1-3-10(14)9-18/h1-7,17H,8-9H2. The van der Waals surface area contributed by atoms with Crippen molar-refractivity contribution in [3.63, 3.8) is 0 Å². The molecule has 2 rings (SSSR count). The van der Waals surface area contributed by atoms with Crippen molar-refractivity contribution in [1.29, 1.82) is 0 Å². The minimum Gasteiger partial charge on any atom is -0.381 e. The Morgan fingerprint density at radius 3 is 2.67 bits per heavy atom. The summed E-state index contributed by atoms with van der Waals surface area (Å²) in [5, 5.41) is 14.1. The largest absolute Gasteiger partial charge is 0.381 e. The van der Waals surface area contributed by atoms with Gasteiger partial charge in [-0.05, 0) is 24.3 Å². The van der Waals surface area contributed by atoms with Crippen LogP contribution < -0.4 is 5.32 Å². The monoisotopic (exact) mass is 308 g/mol. The summed E-state index contributed by atoms with van der Waals surface area (Å²) < 4.78 is 14.4. The molecule has 0 saturated carbocycles. The second-order valence-corrected chi connectivity index (χ2v) is 4.81. The Morgan fingerprint density at radius 1 is 1.11 bits per heavy atom. The molecule has 1 N–H and O–H groups in total. The molecule has 0 unspecified atom stereocenters. The van der Waals surface area contributed by atoms with E-state index in [-0.39, 0.29) is 12.4 Å². The zero-order chi connectivity index (χ0) is 13.0. The molecule has 2 nitrogen and oxygen atoms in total. The summed E-state index contributed by atoms with van der Waals surface area (Å²) in [6, 6.07) is 12.1. The lowest BCUT2D eigenvalue weighted by Gasteiger charge is -2.10. The van der Waals surface area contributed by atoms with Crippen LogP contribution in [0, 0.1) is 5.82 Å². The van der Waals surface area contributed by atoms with Crippen molar-refractivity contribution in [2.45, 2.75) is 13.2 Å². The highest BCUT2D eigenvalue weighted by atomic mass is 79.9. The molecule has 0 fully saturated rings. The van der Waals surface area contributed by atoms with Crippen molar-refractivity contribution in [3.8, 4) is 0 Å². The predicted octanol–water partition coefficient (Wildman–Crippen LogP) is 4.13. The van der Waals surface area contributed by atoms with Crippen LogP contribution in [0.3, 0.4) is 0 Å². The topological polar surface area (TPSA) is 31.9 Å². The predicted molar refractivity (Wildman–Crippen MR) is 72.3 cm³/mol. The maximum atomic E-state index is 13.5. The number of hydrogen-bond acceptors (Lipinski definition) is 1. The van der Waals surface area contributed by atoms with E-state index in [1.165, 1.54) is 6.07 Å². The van der Waals surface area contributed by atoms with E-state index in [2.05, 4.69) is 21.2 Å². The van der Waals surface area contributed by atoms with Gasteiger partial charge in [-0.15, -0.1) is 0 Å². The maximum Gasteiger partial charge on any atom is 0.128 e. The molecule has 18 heavy (non-hydrogen) atoms. The van der Waals surface area contributed by atoms with Gasteiger partial charge in [0.25, 0.3) is 0 Å². The summed E-state index contributed by atoms with van der Waals surface area (Å²) in [5.41, 5.74) is 2.00. The summed E-state index contributed by atoms with van der Waals surface area (Å²) in [5.74, 6) is -0.259. The molecule has 0 heterocycles. The fourth-order valence-electron chi connectivity index (χ4n) is 1.69. The first kappa shape index (κ1) is 13.1. The Labute approximate surface area is 114 Å². The van der Waals surface area contributed by atoms with Gasteiger partial charge in [0, 0.05) is 27.8 Å². The van der Waals surface area contributed by atoms with E-state index in [0.717, 1.165) is 10.2 Å². The third kappa shape index (κ3) is 3.09. The lowest BCUT2D eigenvalue weighted by Crippen LogP contribution is -2.04. The van der Waals surface area contributed by atoms with Crippen LogP contribution in [0.4, 0.5) is 10.1 Å². The summed E-state index contributed by atoms with van der Waals surface area (Å²) in [6.07, 6.45) is 0. The number of para-hydroxylation sites is 1. The number of benzene rings is 2. The molecule has 0 aromatic heterocycles. The van der Waals surface area contributed by atoms with Gasteiger partial charge in [-0.25, -0.2) is 9.50 Å². The van der Waals surface area contributed by atoms with Crippen molar-refractivity contribution in [1.82, 2.24) is 0 Å². The van der Waals surface area contributed by atoms with E-state index in [4.69, 9.17) is 0 Å². The first-order valence-electron chi connectivity index (χ1n) is 5.54. The lowest BCUT2D eigenvalue weighted by atomic mass is 10.1. The van der Waals surface area contributed by atoms with Crippen LogP contribution in [0.15, 0.2) is 46.9 Å². The molecule has 93 valence electrons. The molecule has 0 atom stereocenters. The van der Waals surface area contributed by atoms with Gasteiger partial charge in [0.15, 0.2) is 0 Å². The van der Waals surface area contributed by atoms with Gasteiger partial charge in [0.1, 0.15) is 12.4 Å². The molecule has 0 bridgehead atoms. The molecule has 0 aliphatic carbocycles. The Morgan fingerprint density at radius 2 is 1.89 bits per heavy atom. The molecule has 1 radical (unpaired) electrons. The average Bonchev–Trinajstić information content (AvgIpc) is 2.40. The molecule has 0 amide bonds. The summed E-state index contributed by atoms with van der Waals surface area (Å²) in [4.78, 5) is 0. The van der Waals surface area contributed by atoms with Crippen molar-refractivity contribution >= 4 is 21.6 Å². The highest BCUT2D eigenvalue weighted by Gasteiger charge is 2.04. The number of nitrogens with one attached hydrogen (secondary N) is 1. The van der Waals surface area contributed by atoms with Gasteiger partial charge in [-0.3, -0.25) is 0 Å². The minimum atomic E-state index is -0.288. The molecule has 4 heteroatoms. The zero-order valence-electron chi connectivity index (χ0n) is 9.62. The van der Waals surface area contributed by atoms with Crippen LogP contribution in [0.25, 0.3) is 0 Å². The third-order valence-corrected chi connectivity index (χ3v) is 3.14. The first-order valence-corrected chi connectivity index (χ1v) is 6.34. The van der Waals surface area contributed by atoms with E-state index < -0.39 is 0 Å². The second-order valence-electron chi connectivity index (χ2n) is 3.89. The molecule has 0 saturated heterocycles. The number of hydrogen-bond donors (Lipinski definition) is 1. The van der Waals surface area contributed by atoms with E-state index in [9.17, 15) is 9.50 Å². The Balaban J connectivity index is 2.14. The number of anilines is 1. The van der Waals surface area contributed by atoms with E-state index in [1.54, 1.807) is 18.2 Å². The minimum absolute atomic E-state index is 0.259. The normalized spacial score (nSPS) is 10.4. The molecule has 0 aliphatic heterocycles. The summed E-state index contributed by atoms with van der Waals surface area (Å²) in [7, 11) is 0. The van der Waals surface area contributed by atoms with E-state index >= 15 is 0 Å². The third-order valence-electron chi connectivity index (χ3n) is 2.65. The van der Waals surface area contributed by atoms with Gasteiger partial charge >= 0.3 is 0 Å². The molecule has 2 aromatic rings. The zero-order valence-corrected chi connectivity index (χ0v) is 11.2. The van der Waals surface area contributed by atoms with Crippen LogP contribution in [-0.4, -0.2) is 0 Å². The Bertz CT molecular complexity index is 545. The lowest BCUT2D eigenvalue weighted by molar-refractivity contribution is 0.178. The highest BCUT2D eigenvalue weighted by Crippen LogP contribution is 2.19. The average molecular weight is 309 g/mol. The van der Waals surface area contributed by atoms with Gasteiger partial charge in [-0.2, -0.15) is 0 Å². The number of rotatable bonds is 4. The van der Waals surface area contributed by atoms with Crippen LogP contribution in [0.5, 0.6) is 0 Å². The second kappa shape index (κ2) is 5.98. The fourth-order valence-corrected chi connectivity index (χ4v) is 2.10. The smallest absolute Gasteiger partial charge is 0.128 e. The van der Waals surface area contributed by atoms with Crippen molar-refractivity contribution in [2.24, 2.45) is 0 Å². The molecule has 0 aliphatic rings. The van der Waals surface area contributed by atoms with Crippen molar-refractivity contribution < 1.29 is 9.50 Å². The van der Waals surface area contributed by atoms with Gasteiger partial charge in [0.05, 0.1) is 0 Å². The molecule has 0 spiro atoms. The van der Waals surface area contributed by atoms with E-state index in [1.807, 2.05) is 18.2 Å². The molecular weight excluding hydrogens is 297 g/mol. The SMILES string of the molecule is [O]Cc1ccccc1NCc1cc(Br)ccc1F. The summed E-state index contributed by atoms with van der Waals surface area (Å²) in [6.45, 7) is 0.0619. The Hall–Kier alpha value is -1.39. The van der Waals surface area contributed by atoms with Crippen molar-refractivity contribution in [2.75, 3.05) is 5.32 Å². The Kier molecular flexibility index (Phi) is 4.33. The van der Waals surface area contributed by atoms with Gasteiger partial charge < -0.3 is 5.32 Å². The molecule has 2 aromatic carbocycles. The maximum absolute atomic E-state index is 13.5. The van der Waals surface area contributed by atoms with Crippen LogP contribution in [0.1, 0.15) is 11.1 Å². The van der Waals surface area contributed by atoms with Crippen LogP contribution in [0.2, 0.25) is 0 Å². The van der Waals surface area contributed by atoms with Crippen LogP contribution in [-0.2, 0) is 18.3 Å². The van der Waals surface area contributed by atoms with Gasteiger partial charge in [0.2, 0.25) is 0 Å². The quantitative estimate of drug-likeness (QED) is 0.905. The first-order chi connectivity index (χ1) is 8.70. The van der Waals surface area contributed by atoms with Crippen LogP contribution >= 0.6 is 15.9 Å². The van der Waals surface area contributed by atoms with E-state index in [0.29, 0.717) is 17.7 Å². The molecular formula is C14H12BrFNO. The van der Waals surface area contributed by atoms with Crippen molar-refractivity contribution in [3.05, 3.63) is 63.9 Å².